The zero-order valence-electron chi connectivity index (χ0n) is 29.9. The second kappa shape index (κ2) is 14.5. The number of aryl methyl sites for hydroxylation is 2. The molecule has 2 heteroatoms. The lowest BCUT2D eigenvalue weighted by Crippen LogP contribution is -2.15. The first-order chi connectivity index (χ1) is 24.3. The summed E-state index contributed by atoms with van der Waals surface area (Å²) in [7, 11) is 2.18. The molecule has 0 bridgehead atoms. The normalized spacial score (nSPS) is 18.9. The van der Waals surface area contributed by atoms with Crippen molar-refractivity contribution in [2.24, 2.45) is 0 Å². The summed E-state index contributed by atoms with van der Waals surface area (Å²) in [4.78, 5) is 3.82. The Morgan fingerprint density at radius 3 is 2.20 bits per heavy atom. The van der Waals surface area contributed by atoms with E-state index in [0.717, 1.165) is 48.9 Å². The van der Waals surface area contributed by atoms with E-state index in [1.807, 2.05) is 11.3 Å². The van der Waals surface area contributed by atoms with E-state index >= 15 is 0 Å². The lowest BCUT2D eigenvalue weighted by Gasteiger charge is -2.23. The number of hydrogen-bond acceptors (Lipinski definition) is 2. The molecule has 0 saturated carbocycles. The Morgan fingerprint density at radius 1 is 0.700 bits per heavy atom. The first kappa shape index (κ1) is 33.6. The van der Waals surface area contributed by atoms with Crippen LogP contribution >= 0.6 is 11.3 Å². The summed E-state index contributed by atoms with van der Waals surface area (Å²) in [5.41, 5.74) is 16.5. The van der Waals surface area contributed by atoms with Gasteiger partial charge in [0.2, 0.25) is 0 Å². The number of rotatable bonds is 5. The molecule has 1 nitrogen and oxygen atoms in total. The zero-order chi connectivity index (χ0) is 34.8. The molecule has 1 atom stereocenters. The molecular formula is C48H47NS. The van der Waals surface area contributed by atoms with Gasteiger partial charge in [-0.3, -0.25) is 0 Å². The average Bonchev–Trinajstić information content (AvgIpc) is 3.48. The molecule has 2 aliphatic carbocycles. The van der Waals surface area contributed by atoms with Crippen LogP contribution in [0.5, 0.6) is 0 Å². The van der Waals surface area contributed by atoms with Crippen LogP contribution in [-0.2, 0) is 6.42 Å². The highest BCUT2D eigenvalue weighted by atomic mass is 32.1. The first-order valence-corrected chi connectivity index (χ1v) is 18.7. The number of benzene rings is 4. The van der Waals surface area contributed by atoms with Crippen molar-refractivity contribution in [3.63, 3.8) is 0 Å². The maximum atomic E-state index is 4.43. The van der Waals surface area contributed by atoms with E-state index in [1.54, 1.807) is 0 Å². The Kier molecular flexibility index (Phi) is 9.74. The summed E-state index contributed by atoms with van der Waals surface area (Å²) in [6.07, 6.45) is 21.0. The van der Waals surface area contributed by atoms with Crippen LogP contribution in [0.15, 0.2) is 145 Å². The summed E-state index contributed by atoms with van der Waals surface area (Å²) >= 11 is 1.94. The average molecular weight is 670 g/mol. The van der Waals surface area contributed by atoms with Gasteiger partial charge in [0.15, 0.2) is 0 Å². The molecule has 1 aromatic heterocycles. The smallest absolute Gasteiger partial charge is 0.0415 e. The Morgan fingerprint density at radius 2 is 1.40 bits per heavy atom. The van der Waals surface area contributed by atoms with Gasteiger partial charge in [-0.05, 0) is 145 Å². The van der Waals surface area contributed by atoms with E-state index in [9.17, 15) is 0 Å². The molecule has 2 aliphatic rings. The molecule has 0 saturated heterocycles. The number of thiophene rings is 1. The van der Waals surface area contributed by atoms with E-state index in [0.29, 0.717) is 5.92 Å². The molecule has 0 radical (unpaired) electrons. The highest BCUT2D eigenvalue weighted by molar-refractivity contribution is 7.19. The minimum absolute atomic E-state index is 0.338. The molecule has 0 aliphatic heterocycles. The van der Waals surface area contributed by atoms with E-state index in [-0.39, 0.29) is 0 Å². The predicted octanol–water partition coefficient (Wildman–Crippen LogP) is 13.6. The Hall–Kier alpha value is -4.92. The first-order valence-electron chi connectivity index (χ1n) is 17.9. The van der Waals surface area contributed by atoms with Crippen molar-refractivity contribution in [3.8, 4) is 22.3 Å². The van der Waals surface area contributed by atoms with Crippen LogP contribution < -0.4 is 4.90 Å². The van der Waals surface area contributed by atoms with Gasteiger partial charge in [0.1, 0.15) is 0 Å². The van der Waals surface area contributed by atoms with Crippen LogP contribution in [0.3, 0.4) is 0 Å². The quantitative estimate of drug-likeness (QED) is 0.180. The van der Waals surface area contributed by atoms with Crippen LogP contribution in [0, 0.1) is 20.8 Å². The van der Waals surface area contributed by atoms with Gasteiger partial charge in [-0.1, -0.05) is 110 Å². The summed E-state index contributed by atoms with van der Waals surface area (Å²) in [5, 5.41) is 1.36. The maximum Gasteiger partial charge on any atom is 0.0415 e. The van der Waals surface area contributed by atoms with Crippen molar-refractivity contribution in [3.05, 3.63) is 178 Å². The third kappa shape index (κ3) is 6.78. The third-order valence-electron chi connectivity index (χ3n) is 10.5. The summed E-state index contributed by atoms with van der Waals surface area (Å²) < 4.78 is 1.37. The number of allylic oxidation sites excluding steroid dienone is 8. The molecular weight excluding hydrogens is 623 g/mol. The third-order valence-corrected chi connectivity index (χ3v) is 11.8. The van der Waals surface area contributed by atoms with Gasteiger partial charge in [0.05, 0.1) is 0 Å². The molecule has 0 spiro atoms. The summed E-state index contributed by atoms with van der Waals surface area (Å²) in [6, 6.07) is 29.3. The van der Waals surface area contributed by atoms with Crippen LogP contribution in [0.1, 0.15) is 64.3 Å². The summed E-state index contributed by atoms with van der Waals surface area (Å²) in [6.45, 7) is 15.6. The second-order valence-corrected chi connectivity index (χ2v) is 15.1. The lowest BCUT2D eigenvalue weighted by molar-refractivity contribution is 0.706. The fourth-order valence-corrected chi connectivity index (χ4v) is 8.94. The van der Waals surface area contributed by atoms with Crippen LogP contribution in [0.4, 0.5) is 5.69 Å². The number of hydrogen-bond donors (Lipinski definition) is 0. The number of nitrogens with zero attached hydrogens (tertiary/aromatic N) is 1. The molecule has 50 heavy (non-hydrogen) atoms. The zero-order valence-corrected chi connectivity index (χ0v) is 30.7. The van der Waals surface area contributed by atoms with E-state index in [4.69, 9.17) is 0 Å². The van der Waals surface area contributed by atoms with Crippen LogP contribution in [0.25, 0.3) is 38.4 Å². The Balaban J connectivity index is 1.22. The minimum atomic E-state index is 0.338. The predicted molar refractivity (Wildman–Crippen MR) is 220 cm³/mol. The van der Waals surface area contributed by atoms with E-state index < -0.39 is 0 Å². The molecule has 0 fully saturated rings. The van der Waals surface area contributed by atoms with Gasteiger partial charge in [-0.25, -0.2) is 0 Å². The van der Waals surface area contributed by atoms with Gasteiger partial charge in [-0.2, -0.15) is 0 Å². The second-order valence-electron chi connectivity index (χ2n) is 14.0. The number of fused-ring (bicyclic) bond motifs is 3. The van der Waals surface area contributed by atoms with Gasteiger partial charge in [0.25, 0.3) is 0 Å². The largest absolute Gasteiger partial charge is 0.345 e. The van der Waals surface area contributed by atoms with Crippen molar-refractivity contribution >= 4 is 33.2 Å². The van der Waals surface area contributed by atoms with Crippen LogP contribution in [-0.4, -0.2) is 7.05 Å². The molecule has 5 aromatic rings. The van der Waals surface area contributed by atoms with Crippen molar-refractivity contribution in [2.75, 3.05) is 11.9 Å². The molecule has 0 amide bonds. The molecule has 0 N–H and O–H groups in total. The SMILES string of the molecule is C=C1/C=C\CC(c2cccc(-c3cccc(-c4ccccc4C)c3C)c2C)C/C=C\C(N(C)c2ccc3sc4c(c3c2)C=CCC4)=C/C(=C)C1. The minimum Gasteiger partial charge on any atom is -0.345 e. The van der Waals surface area contributed by atoms with Crippen molar-refractivity contribution in [1.29, 1.82) is 0 Å². The van der Waals surface area contributed by atoms with E-state index in [2.05, 4.69) is 167 Å². The van der Waals surface area contributed by atoms with E-state index in [1.165, 1.54) is 70.7 Å². The maximum absolute atomic E-state index is 4.43. The van der Waals surface area contributed by atoms with Crippen LogP contribution in [0.2, 0.25) is 0 Å². The van der Waals surface area contributed by atoms with Crippen molar-refractivity contribution in [1.82, 2.24) is 0 Å². The van der Waals surface area contributed by atoms with Gasteiger partial charge in [-0.15, -0.1) is 11.3 Å². The fourth-order valence-electron chi connectivity index (χ4n) is 7.75. The molecule has 1 heterocycles. The highest BCUT2D eigenvalue weighted by Gasteiger charge is 2.19. The summed E-state index contributed by atoms with van der Waals surface area (Å²) in [5.74, 6) is 0.338. The highest BCUT2D eigenvalue weighted by Crippen LogP contribution is 2.40. The van der Waals surface area contributed by atoms with Crippen molar-refractivity contribution < 1.29 is 0 Å². The van der Waals surface area contributed by atoms with Gasteiger partial charge in [0, 0.05) is 33.4 Å². The van der Waals surface area contributed by atoms with Crippen molar-refractivity contribution in [2.45, 2.75) is 58.8 Å². The monoisotopic (exact) mass is 669 g/mol. The number of likely N-dealkylation sites (N-methyl/N-ethyl adjacent to an activating group) is 1. The van der Waals surface area contributed by atoms with Gasteiger partial charge >= 0.3 is 0 Å². The van der Waals surface area contributed by atoms with Gasteiger partial charge < -0.3 is 4.90 Å². The molecule has 1 unspecified atom stereocenters. The number of anilines is 1. The molecule has 4 aromatic carbocycles. The fraction of sp³-hybridized carbons (Fsp3) is 0.208. The molecule has 250 valence electrons. The Bertz CT molecular complexity index is 2230. The Labute approximate surface area is 303 Å². The standard InChI is InChI=1S/C48H47NS/c1-32-15-11-17-37(41-22-13-24-43(35(41)4)44-25-14-23-42(36(44)5)40-20-8-7-16-34(40)3)18-12-19-38(30-33(2)29-32)49(6)39-27-28-48-46(31-39)45-21-9-10-26-47(45)50-48/h7-9,11-16,19-25,27-28,30-31,37H,1-2,10,17-18,26,29H2,3-6H3/b15-11-,19-12-,38-30+. The topological polar surface area (TPSA) is 3.24 Å². The lowest BCUT2D eigenvalue weighted by atomic mass is 9.83. The molecule has 7 rings (SSSR count).